The van der Waals surface area contributed by atoms with Crippen LogP contribution in [-0.2, 0) is 0 Å². The number of para-hydroxylation sites is 1. The Hall–Kier alpha value is -1.44. The molecule has 0 atom stereocenters. The Morgan fingerprint density at radius 2 is 1.85 bits per heavy atom. The van der Waals surface area contributed by atoms with E-state index < -0.39 is 0 Å². The predicted octanol–water partition coefficient (Wildman–Crippen LogP) is 4.88. The van der Waals surface area contributed by atoms with E-state index in [0.717, 1.165) is 16.6 Å². The van der Waals surface area contributed by atoms with E-state index in [0.29, 0.717) is 17.9 Å². The molecule has 0 saturated heterocycles. The number of halogens is 1. The fourth-order valence-electron chi connectivity index (χ4n) is 1.67. The van der Waals surface area contributed by atoms with Gasteiger partial charge in [-0.1, -0.05) is 24.3 Å². The number of thioether (sulfide) groups is 1. The van der Waals surface area contributed by atoms with Gasteiger partial charge in [-0.15, -0.1) is 11.8 Å². The Labute approximate surface area is 131 Å². The van der Waals surface area contributed by atoms with Crippen LogP contribution in [0.4, 0.5) is 0 Å². The molecule has 0 bridgehead atoms. The molecule has 0 N–H and O–H groups in total. The zero-order valence-corrected chi connectivity index (χ0v) is 13.3. The first-order valence-electron chi connectivity index (χ1n) is 6.30. The van der Waals surface area contributed by atoms with E-state index in [4.69, 9.17) is 10.00 Å². The Morgan fingerprint density at radius 1 is 1.10 bits per heavy atom. The highest BCUT2D eigenvalue weighted by Crippen LogP contribution is 2.27. The zero-order chi connectivity index (χ0) is 14.2. The average Bonchev–Trinajstić information content (AvgIpc) is 2.49. The van der Waals surface area contributed by atoms with E-state index >= 15 is 0 Å². The number of benzene rings is 2. The smallest absolute Gasteiger partial charge is 0.137 e. The summed E-state index contributed by atoms with van der Waals surface area (Å²) in [4.78, 5) is 1.24. The predicted molar refractivity (Wildman–Crippen MR) is 86.1 cm³/mol. The standard InChI is InChI=1S/C16H14BrNOS/c17-14-7-2-4-9-16(14)20-11-5-10-19-15-8-3-1-6-13(15)12-18/h1-4,6-9H,5,10-11H2. The molecule has 0 amide bonds. The molecule has 0 fully saturated rings. The van der Waals surface area contributed by atoms with Crippen molar-refractivity contribution in [3.63, 3.8) is 0 Å². The molecule has 102 valence electrons. The van der Waals surface area contributed by atoms with Gasteiger partial charge in [0.2, 0.25) is 0 Å². The number of nitriles is 1. The molecule has 2 nitrogen and oxygen atoms in total. The molecule has 0 aromatic heterocycles. The van der Waals surface area contributed by atoms with E-state index in [-0.39, 0.29) is 0 Å². The number of hydrogen-bond acceptors (Lipinski definition) is 3. The molecule has 0 aliphatic heterocycles. The molecule has 0 spiro atoms. The van der Waals surface area contributed by atoms with Gasteiger partial charge in [0, 0.05) is 15.1 Å². The van der Waals surface area contributed by atoms with Crippen LogP contribution in [0.3, 0.4) is 0 Å². The van der Waals surface area contributed by atoms with Gasteiger partial charge in [0.05, 0.1) is 12.2 Å². The van der Waals surface area contributed by atoms with E-state index in [1.807, 2.05) is 36.4 Å². The molecule has 0 aliphatic rings. The summed E-state index contributed by atoms with van der Waals surface area (Å²) in [6.07, 6.45) is 0.936. The maximum absolute atomic E-state index is 8.96. The first-order chi connectivity index (χ1) is 9.81. The summed E-state index contributed by atoms with van der Waals surface area (Å²) in [6.45, 7) is 0.621. The molecule has 4 heteroatoms. The van der Waals surface area contributed by atoms with Gasteiger partial charge >= 0.3 is 0 Å². The summed E-state index contributed by atoms with van der Waals surface area (Å²) in [5.74, 6) is 1.65. The Morgan fingerprint density at radius 3 is 2.65 bits per heavy atom. The van der Waals surface area contributed by atoms with Crippen molar-refractivity contribution in [3.05, 3.63) is 58.6 Å². The zero-order valence-electron chi connectivity index (χ0n) is 10.9. The van der Waals surface area contributed by atoms with Crippen molar-refractivity contribution in [3.8, 4) is 11.8 Å². The summed E-state index contributed by atoms with van der Waals surface area (Å²) < 4.78 is 6.77. The maximum Gasteiger partial charge on any atom is 0.137 e. The first-order valence-corrected chi connectivity index (χ1v) is 8.08. The van der Waals surface area contributed by atoms with Gasteiger partial charge in [-0.3, -0.25) is 0 Å². The molecule has 0 saturated carbocycles. The molecule has 2 aromatic rings. The summed E-state index contributed by atoms with van der Waals surface area (Å²) in [5, 5.41) is 8.96. The van der Waals surface area contributed by atoms with E-state index in [2.05, 4.69) is 28.1 Å². The number of nitrogens with zero attached hydrogens (tertiary/aromatic N) is 1. The Kier molecular flexibility index (Phi) is 5.97. The van der Waals surface area contributed by atoms with Crippen LogP contribution >= 0.6 is 27.7 Å². The summed E-state index contributed by atoms with van der Waals surface area (Å²) in [7, 11) is 0. The van der Waals surface area contributed by atoms with Crippen molar-refractivity contribution in [1.82, 2.24) is 0 Å². The van der Waals surface area contributed by atoms with Crippen LogP contribution in [-0.4, -0.2) is 12.4 Å². The largest absolute Gasteiger partial charge is 0.492 e. The summed E-state index contributed by atoms with van der Waals surface area (Å²) >= 11 is 5.33. The fraction of sp³-hybridized carbons (Fsp3) is 0.188. The van der Waals surface area contributed by atoms with Crippen LogP contribution in [0.15, 0.2) is 57.9 Å². The number of ether oxygens (including phenoxy) is 1. The van der Waals surface area contributed by atoms with Crippen LogP contribution < -0.4 is 4.74 Å². The fourth-order valence-corrected chi connectivity index (χ4v) is 3.16. The van der Waals surface area contributed by atoms with Crippen molar-refractivity contribution < 1.29 is 4.74 Å². The van der Waals surface area contributed by atoms with Gasteiger partial charge in [0.1, 0.15) is 11.8 Å². The lowest BCUT2D eigenvalue weighted by molar-refractivity contribution is 0.318. The average molecular weight is 348 g/mol. The maximum atomic E-state index is 8.96. The van der Waals surface area contributed by atoms with Crippen LogP contribution in [0, 0.1) is 11.3 Å². The summed E-state index contributed by atoms with van der Waals surface area (Å²) in [6, 6.07) is 17.6. The van der Waals surface area contributed by atoms with Crippen LogP contribution in [0.2, 0.25) is 0 Å². The second-order valence-electron chi connectivity index (χ2n) is 4.09. The molecule has 0 radical (unpaired) electrons. The molecule has 0 heterocycles. The second-order valence-corrected chi connectivity index (χ2v) is 6.08. The lowest BCUT2D eigenvalue weighted by atomic mass is 10.2. The molecule has 2 aromatic carbocycles. The number of hydrogen-bond donors (Lipinski definition) is 0. The Balaban J connectivity index is 1.75. The highest BCUT2D eigenvalue weighted by atomic mass is 79.9. The lowest BCUT2D eigenvalue weighted by Gasteiger charge is -2.08. The van der Waals surface area contributed by atoms with Crippen molar-refractivity contribution in [1.29, 1.82) is 5.26 Å². The van der Waals surface area contributed by atoms with Gasteiger partial charge in [0.25, 0.3) is 0 Å². The van der Waals surface area contributed by atoms with Gasteiger partial charge in [-0.05, 0) is 46.6 Å². The number of rotatable bonds is 6. The monoisotopic (exact) mass is 347 g/mol. The molecule has 20 heavy (non-hydrogen) atoms. The third-order valence-electron chi connectivity index (χ3n) is 2.65. The third-order valence-corrected chi connectivity index (χ3v) is 4.76. The minimum absolute atomic E-state index is 0.589. The molecule has 0 aliphatic carbocycles. The normalized spacial score (nSPS) is 10.0. The van der Waals surface area contributed by atoms with Crippen molar-refractivity contribution >= 4 is 27.7 Å². The van der Waals surface area contributed by atoms with Gasteiger partial charge in [-0.2, -0.15) is 5.26 Å². The van der Waals surface area contributed by atoms with Crippen LogP contribution in [0.25, 0.3) is 0 Å². The third kappa shape index (κ3) is 4.29. The SMILES string of the molecule is N#Cc1ccccc1OCCCSc1ccccc1Br. The van der Waals surface area contributed by atoms with E-state index in [9.17, 15) is 0 Å². The van der Waals surface area contributed by atoms with E-state index in [1.165, 1.54) is 4.90 Å². The molecular formula is C16H14BrNOS. The molecular weight excluding hydrogens is 334 g/mol. The topological polar surface area (TPSA) is 33.0 Å². The van der Waals surface area contributed by atoms with Crippen LogP contribution in [0.1, 0.15) is 12.0 Å². The van der Waals surface area contributed by atoms with Gasteiger partial charge < -0.3 is 4.74 Å². The molecule has 0 unspecified atom stereocenters. The molecule has 2 rings (SSSR count). The van der Waals surface area contributed by atoms with Gasteiger partial charge in [0.15, 0.2) is 0 Å². The van der Waals surface area contributed by atoms with Crippen molar-refractivity contribution in [2.45, 2.75) is 11.3 Å². The van der Waals surface area contributed by atoms with Gasteiger partial charge in [-0.25, -0.2) is 0 Å². The minimum atomic E-state index is 0.589. The second kappa shape index (κ2) is 7.98. The Bertz CT molecular complexity index is 609. The lowest BCUT2D eigenvalue weighted by Crippen LogP contribution is -2.00. The quantitative estimate of drug-likeness (QED) is 0.551. The van der Waals surface area contributed by atoms with Crippen molar-refractivity contribution in [2.24, 2.45) is 0 Å². The van der Waals surface area contributed by atoms with Crippen LogP contribution in [0.5, 0.6) is 5.75 Å². The highest BCUT2D eigenvalue weighted by molar-refractivity contribution is 9.10. The van der Waals surface area contributed by atoms with E-state index in [1.54, 1.807) is 17.8 Å². The van der Waals surface area contributed by atoms with Crippen molar-refractivity contribution in [2.75, 3.05) is 12.4 Å². The minimum Gasteiger partial charge on any atom is -0.492 e. The first kappa shape index (κ1) is 15.0. The highest BCUT2D eigenvalue weighted by Gasteiger charge is 2.02. The summed E-state index contributed by atoms with van der Waals surface area (Å²) in [5.41, 5.74) is 0.589.